The molecule has 2 heteroatoms. The van der Waals surface area contributed by atoms with Gasteiger partial charge in [0.2, 0.25) is 0 Å². The van der Waals surface area contributed by atoms with Crippen LogP contribution >= 0.6 is 0 Å². The van der Waals surface area contributed by atoms with Gasteiger partial charge in [0.15, 0.2) is 0 Å². The summed E-state index contributed by atoms with van der Waals surface area (Å²) in [6.45, 7) is 48.4. The van der Waals surface area contributed by atoms with Crippen LogP contribution in [-0.4, -0.2) is 16.1 Å². The number of rotatable bonds is 12. The Morgan fingerprint density at radius 3 is 0.430 bits per heavy atom. The van der Waals surface area contributed by atoms with Crippen LogP contribution in [0.25, 0.3) is 151 Å². The van der Waals surface area contributed by atoms with Crippen molar-refractivity contribution in [2.75, 3.05) is 0 Å². The highest BCUT2D eigenvalue weighted by molar-refractivity contribution is 6.97. The zero-order chi connectivity index (χ0) is 98.6. The zero-order valence-electron chi connectivity index (χ0n) is 85.8. The van der Waals surface area contributed by atoms with Crippen molar-refractivity contribution < 1.29 is 0 Å². The second-order valence-electron chi connectivity index (χ2n) is 43.0. The number of hydrogen-bond acceptors (Lipinski definition) is 0. The summed E-state index contributed by atoms with van der Waals surface area (Å²) in [4.78, 5) is 0. The van der Waals surface area contributed by atoms with Crippen molar-refractivity contribution in [3.05, 3.63) is 404 Å². The maximum absolute atomic E-state index is 3.80. The van der Waals surface area contributed by atoms with Gasteiger partial charge in [0.1, 0.15) is 0 Å². The lowest BCUT2D eigenvalue weighted by molar-refractivity contribution is 0.835. The Balaban J connectivity index is 0.604. The van der Waals surface area contributed by atoms with Crippen LogP contribution in [-0.2, 0) is 0 Å². The molecule has 0 N–H and O–H groups in total. The molecule has 21 aromatic rings. The minimum atomic E-state index is -2.04. The fraction of sp³-hybridized carbons (Fsp3) is 0.214. The molecule has 0 saturated heterocycles. The minimum Gasteiger partial charge on any atom is -0.0648 e. The minimum absolute atomic E-state index is 0.220. The third-order valence-corrected chi connectivity index (χ3v) is 46.1. The van der Waals surface area contributed by atoms with Crippen LogP contribution in [0.15, 0.2) is 315 Å². The highest BCUT2D eigenvalue weighted by Gasteiger charge is 2.47. The number of benzene rings is 21. The van der Waals surface area contributed by atoms with E-state index >= 15 is 0 Å². The second-order valence-corrected chi connectivity index (χ2v) is 54.7. The molecule has 0 heterocycles. The molecule has 0 spiro atoms. The molecule has 690 valence electrons. The van der Waals surface area contributed by atoms with Gasteiger partial charge < -0.3 is 0 Å². The fourth-order valence-corrected chi connectivity index (χ4v) is 40.0. The first-order valence-corrected chi connectivity index (χ1v) is 56.1. The SMILES string of the molecule is CC(C)c1c2cccc(C#Cc3cccc4cc5cccc(C#Cc6cccc7c(C(C)C)c8cccc(C#Cc9cccc%10cc%11cccc(C#Cc%12cccc%13c(C(C)C)c%14cccc([Si](C(C)C)(C(C)C)C(C)C)c%14cc%12%13)c%11cc9%10)c8cc67)c5cc34)c2cc2c(C#Cc3cccc4cc5cccc(C#Cc6cccc7c(C(C)C)c8cccc([Si](C(C)C)(C(C)C)C(C)C)c8cc67)c5cc34)cccc12. The van der Waals surface area contributed by atoms with Crippen LogP contribution < -0.4 is 10.4 Å². The van der Waals surface area contributed by atoms with E-state index in [1.165, 1.54) is 86.9 Å². The monoisotopic (exact) mass is 1860 g/mol. The Kier molecular flexibility index (Phi) is 24.7. The summed E-state index contributed by atoms with van der Waals surface area (Å²) in [6, 6.07) is 117. The van der Waals surface area contributed by atoms with Crippen molar-refractivity contribution in [1.29, 1.82) is 0 Å². The lowest BCUT2D eigenvalue weighted by atomic mass is 9.87. The van der Waals surface area contributed by atoms with Crippen LogP contribution in [0.4, 0.5) is 0 Å². The molecule has 0 amide bonds. The van der Waals surface area contributed by atoms with Crippen LogP contribution in [0.2, 0.25) is 33.2 Å². The van der Waals surface area contributed by atoms with E-state index < -0.39 is 16.1 Å². The summed E-state index contributed by atoms with van der Waals surface area (Å²) in [5.74, 6) is 46.4. The Labute approximate surface area is 841 Å². The Hall–Kier alpha value is -14.9. The van der Waals surface area contributed by atoms with Crippen molar-refractivity contribution in [3.63, 3.8) is 0 Å². The molecule has 0 saturated carbocycles. The highest BCUT2D eigenvalue weighted by atomic mass is 28.3. The van der Waals surface area contributed by atoms with Gasteiger partial charge in [-0.15, -0.1) is 0 Å². The zero-order valence-corrected chi connectivity index (χ0v) is 87.8. The summed E-state index contributed by atoms with van der Waals surface area (Å²) >= 11 is 0. The van der Waals surface area contributed by atoms with Gasteiger partial charge >= 0.3 is 0 Å². The lowest BCUT2D eigenvalue weighted by Crippen LogP contribution is -2.55. The average Bonchev–Trinajstić information content (AvgIpc) is 0.710. The van der Waals surface area contributed by atoms with E-state index in [4.69, 9.17) is 0 Å². The third-order valence-electron chi connectivity index (χ3n) is 31.9. The van der Waals surface area contributed by atoms with Crippen molar-refractivity contribution in [3.8, 4) is 71.0 Å². The molecule has 21 aromatic carbocycles. The molecule has 142 heavy (non-hydrogen) atoms. The van der Waals surface area contributed by atoms with E-state index in [1.807, 2.05) is 0 Å². The van der Waals surface area contributed by atoms with Crippen molar-refractivity contribution in [2.45, 2.75) is 195 Å². The van der Waals surface area contributed by atoms with Crippen LogP contribution in [0.1, 0.15) is 251 Å². The maximum atomic E-state index is 3.80. The van der Waals surface area contributed by atoms with Gasteiger partial charge in [-0.25, -0.2) is 0 Å². The van der Waals surface area contributed by atoms with Gasteiger partial charge in [-0.2, -0.15) is 0 Å². The van der Waals surface area contributed by atoms with Gasteiger partial charge in [-0.05, 0) is 363 Å². The smallest absolute Gasteiger partial charge is 0.0648 e. The van der Waals surface area contributed by atoms with Gasteiger partial charge in [0, 0.05) is 66.8 Å². The summed E-state index contributed by atoms with van der Waals surface area (Å²) in [5.41, 5.74) is 20.8. The fourth-order valence-electron chi connectivity index (χ4n) is 26.2. The molecule has 21 rings (SSSR count). The molecule has 0 radical (unpaired) electrons. The molecular formula is C140H122Si2. The predicted molar refractivity (Wildman–Crippen MR) is 624 cm³/mol. The first-order chi connectivity index (χ1) is 68.7. The van der Waals surface area contributed by atoms with E-state index in [-0.39, 0.29) is 11.8 Å². The van der Waals surface area contributed by atoms with Crippen molar-refractivity contribution in [2.24, 2.45) is 0 Å². The molecule has 0 bridgehead atoms. The topological polar surface area (TPSA) is 0 Å². The predicted octanol–water partition coefficient (Wildman–Crippen LogP) is 36.5. The third kappa shape index (κ3) is 16.0. The molecule has 0 unspecified atom stereocenters. The van der Waals surface area contributed by atoms with Gasteiger partial charge in [0.05, 0.1) is 16.1 Å². The van der Waals surface area contributed by atoms with Crippen LogP contribution in [0, 0.1) is 71.0 Å². The molecule has 0 aliphatic rings. The summed E-state index contributed by atoms with van der Waals surface area (Å²) < 4.78 is 0. The van der Waals surface area contributed by atoms with Crippen molar-refractivity contribution in [1.82, 2.24) is 0 Å². The lowest BCUT2D eigenvalue weighted by Gasteiger charge is -2.44. The van der Waals surface area contributed by atoms with Crippen LogP contribution in [0.5, 0.6) is 0 Å². The standard InChI is InChI=1S/C140H122Si2/c1-85(2)137-113-53-27-41-101(127(113)81-129-103(43-29-55-115(129)137)71-65-97-37-23-49-109-76-111-51-25-39-99(125(111)79-123(97)109)67-73-105-45-31-57-117-131(105)83-133-119(139(117)87(5)6)59-33-61-135(133)141(89(9)10,90(11)12)91(13)14)69-63-95-35-21-47-107-75-108-48-22-36-96(122(108)78-121(95)107)64-70-102-42-28-54-114-128(102)82-130-104(44-30-56-116(130)138(114)86(3)4)72-66-98-38-24-50-110-77-112-52-26-40-100(126(112)80-124(98)110)68-74-106-46-32-58-118-132(106)84-134-120(140(118)88(7)8)60-34-62-136(134)142(92(15)16,93(17)18)94(19)20/h21-62,75-94H,1-20H3. The quantitative estimate of drug-likeness (QED) is 0.0650. The van der Waals surface area contributed by atoms with Crippen LogP contribution in [0.3, 0.4) is 0 Å². The first-order valence-electron chi connectivity index (χ1n) is 51.6. The molecule has 0 aliphatic heterocycles. The first kappa shape index (κ1) is 93.4. The largest absolute Gasteiger partial charge is 0.0950 e. The van der Waals surface area contributed by atoms with Gasteiger partial charge in [-0.1, -0.05) is 402 Å². The Morgan fingerprint density at radius 1 is 0.134 bits per heavy atom. The molecular weight excluding hydrogens is 1740 g/mol. The number of hydrogen-bond donors (Lipinski definition) is 0. The molecule has 0 atom stereocenters. The van der Waals surface area contributed by atoms with E-state index in [9.17, 15) is 0 Å². The molecule has 0 fully saturated rings. The van der Waals surface area contributed by atoms with E-state index in [0.29, 0.717) is 45.1 Å². The van der Waals surface area contributed by atoms with Gasteiger partial charge in [-0.3, -0.25) is 0 Å². The number of fused-ring (bicyclic) bond motifs is 14. The van der Waals surface area contributed by atoms with E-state index in [1.54, 1.807) is 10.4 Å². The van der Waals surface area contributed by atoms with Gasteiger partial charge in [0.25, 0.3) is 0 Å². The molecule has 0 nitrogen and oxygen atoms in total. The normalized spacial score (nSPS) is 12.1. The Bertz CT molecular complexity index is 8720. The Morgan fingerprint density at radius 2 is 0.268 bits per heavy atom. The highest BCUT2D eigenvalue weighted by Crippen LogP contribution is 2.49. The molecule has 0 aromatic heterocycles. The van der Waals surface area contributed by atoms with E-state index in [0.717, 1.165) is 153 Å². The summed E-state index contributed by atoms with van der Waals surface area (Å²) in [5, 5.41) is 36.6. The summed E-state index contributed by atoms with van der Waals surface area (Å²) in [6.07, 6.45) is 0. The summed E-state index contributed by atoms with van der Waals surface area (Å²) in [7, 11) is -4.08. The average molecular weight is 1860 g/mol. The van der Waals surface area contributed by atoms with Crippen molar-refractivity contribution >= 4 is 177 Å². The van der Waals surface area contributed by atoms with E-state index in [2.05, 4.69) is 525 Å². The second kappa shape index (κ2) is 37.6. The maximum Gasteiger partial charge on any atom is 0.0950 e. The molecule has 0 aliphatic carbocycles.